The highest BCUT2D eigenvalue weighted by Crippen LogP contribution is 2.68. The van der Waals surface area contributed by atoms with Gasteiger partial charge in [-0.15, -0.1) is 11.8 Å². The smallest absolute Gasteiger partial charge is 0.323 e. The number of aromatic nitrogens is 1. The van der Waals surface area contributed by atoms with Gasteiger partial charge in [0.15, 0.2) is 11.5 Å². The number of carboxylic acids is 1. The van der Waals surface area contributed by atoms with Crippen molar-refractivity contribution in [3.63, 3.8) is 0 Å². The summed E-state index contributed by atoms with van der Waals surface area (Å²) in [6.07, 6.45) is 0.749. The first kappa shape index (κ1) is 21.7. The fourth-order valence-corrected chi connectivity index (χ4v) is 9.68. The molecule has 178 valence electrons. The minimum atomic E-state index is -1.19. The number of benzene rings is 1. The molecular weight excluding hydrogens is 480 g/mol. The molecule has 2 saturated carbocycles. The van der Waals surface area contributed by atoms with Gasteiger partial charge in [0.05, 0.1) is 31.1 Å². The first-order valence-electron chi connectivity index (χ1n) is 11.0. The summed E-state index contributed by atoms with van der Waals surface area (Å²) in [6, 6.07) is 5.73. The molecule has 11 heteroatoms. The van der Waals surface area contributed by atoms with Gasteiger partial charge in [-0.25, -0.2) is 0 Å². The number of H-pyrrole nitrogens is 1. The van der Waals surface area contributed by atoms with Gasteiger partial charge >= 0.3 is 10.8 Å². The van der Waals surface area contributed by atoms with Crippen molar-refractivity contribution in [1.82, 2.24) is 9.88 Å². The number of rotatable bonds is 5. The molecule has 2 N–H and O–H groups in total. The molecule has 0 spiro atoms. The Hall–Kier alpha value is -2.79. The highest BCUT2D eigenvalue weighted by molar-refractivity contribution is 8.00. The van der Waals surface area contributed by atoms with E-state index in [4.69, 9.17) is 9.47 Å². The van der Waals surface area contributed by atoms with Crippen LogP contribution < -0.4 is 14.3 Å². The number of aliphatic carboxylic acids is 1. The van der Waals surface area contributed by atoms with Crippen LogP contribution in [0.15, 0.2) is 28.0 Å². The molecule has 3 heterocycles. The van der Waals surface area contributed by atoms with Gasteiger partial charge < -0.3 is 19.6 Å². The maximum absolute atomic E-state index is 13.2. The number of fused-ring (bicyclic) bond motifs is 9. The summed E-state index contributed by atoms with van der Waals surface area (Å²) in [5.41, 5.74) is 0.965. The zero-order chi connectivity index (χ0) is 23.9. The van der Waals surface area contributed by atoms with Gasteiger partial charge in [0, 0.05) is 16.0 Å². The second-order valence-electron chi connectivity index (χ2n) is 9.23. The van der Waals surface area contributed by atoms with E-state index in [1.54, 1.807) is 26.0 Å². The first-order chi connectivity index (χ1) is 16.3. The molecule has 1 aromatic heterocycles. The molecule has 0 unspecified atom stereocenters. The number of likely N-dealkylation sites (tertiary alicyclic amines) is 1. The van der Waals surface area contributed by atoms with E-state index in [2.05, 4.69) is 4.98 Å². The van der Waals surface area contributed by atoms with Crippen molar-refractivity contribution in [1.29, 1.82) is 0 Å². The second kappa shape index (κ2) is 7.61. The Bertz CT molecular complexity index is 1290. The Morgan fingerprint density at radius 1 is 1.12 bits per heavy atom. The van der Waals surface area contributed by atoms with Crippen LogP contribution >= 0.6 is 23.1 Å². The lowest BCUT2D eigenvalue weighted by Gasteiger charge is -2.43. The van der Waals surface area contributed by atoms with E-state index < -0.39 is 24.3 Å². The molecule has 6 rings (SSSR count). The summed E-state index contributed by atoms with van der Waals surface area (Å²) in [5, 5.41) is 10.1. The third-order valence-electron chi connectivity index (χ3n) is 7.88. The number of hydrogen-bond donors (Lipinski definition) is 2. The third kappa shape index (κ3) is 2.86. The van der Waals surface area contributed by atoms with Crippen LogP contribution in [0.2, 0.25) is 0 Å². The minimum absolute atomic E-state index is 0.0369. The molecule has 2 bridgehead atoms. The number of thiazole rings is 1. The van der Waals surface area contributed by atoms with Gasteiger partial charge in [-0.05, 0) is 41.9 Å². The van der Waals surface area contributed by atoms with Crippen LogP contribution in [-0.2, 0) is 14.4 Å². The van der Waals surface area contributed by atoms with E-state index >= 15 is 0 Å². The van der Waals surface area contributed by atoms with E-state index in [9.17, 15) is 24.3 Å². The largest absolute Gasteiger partial charge is 0.493 e. The molecule has 34 heavy (non-hydrogen) atoms. The summed E-state index contributed by atoms with van der Waals surface area (Å²) >= 11 is 2.78. The maximum atomic E-state index is 13.2. The highest BCUT2D eigenvalue weighted by Gasteiger charge is 2.69. The van der Waals surface area contributed by atoms with E-state index in [1.165, 1.54) is 11.3 Å². The average Bonchev–Trinajstić information content (AvgIpc) is 3.54. The number of hydrogen-bond acceptors (Lipinski definition) is 8. The number of nitrogens with one attached hydrogen (secondary N) is 1. The molecule has 1 saturated heterocycles. The van der Waals surface area contributed by atoms with Crippen LogP contribution in [0.3, 0.4) is 0 Å². The molecule has 0 radical (unpaired) electrons. The molecule has 4 aliphatic rings. The number of amides is 2. The Morgan fingerprint density at radius 2 is 1.82 bits per heavy atom. The van der Waals surface area contributed by atoms with Crippen molar-refractivity contribution in [3.8, 4) is 11.5 Å². The fraction of sp³-hybridized carbons (Fsp3) is 0.478. The van der Waals surface area contributed by atoms with Crippen molar-refractivity contribution in [3.05, 3.63) is 38.3 Å². The van der Waals surface area contributed by atoms with Gasteiger partial charge in [0.1, 0.15) is 6.54 Å². The number of aromatic amines is 1. The van der Waals surface area contributed by atoms with Crippen LogP contribution in [0.25, 0.3) is 0 Å². The topological polar surface area (TPSA) is 126 Å². The Kier molecular flexibility index (Phi) is 4.86. The molecular formula is C23H22N2O7S2. The average molecular weight is 503 g/mol. The van der Waals surface area contributed by atoms with Crippen LogP contribution in [-0.4, -0.2) is 58.8 Å². The van der Waals surface area contributed by atoms with Crippen molar-refractivity contribution in [2.75, 3.05) is 20.8 Å². The number of imide groups is 1. The zero-order valence-electron chi connectivity index (χ0n) is 18.3. The van der Waals surface area contributed by atoms with E-state index in [1.807, 2.05) is 18.2 Å². The monoisotopic (exact) mass is 502 g/mol. The third-order valence-corrected chi connectivity index (χ3v) is 10.5. The quantitative estimate of drug-likeness (QED) is 0.595. The standard InChI is InChI=1S/C23H22N2O7S2/c1-31-11-4-3-8(5-12(11)32-2)14-15-9-6-10(18(15)33-20-19(14)34-23(30)24-20)17-16(9)21(28)25(22(17)29)7-13(26)27/h3-5,9-10,14-18H,6-7H2,1-2H3,(H,24,30)(H,26,27)/t9-,10+,14+,15+,16+,17+,18-/m0/s1. The summed E-state index contributed by atoms with van der Waals surface area (Å²) in [5.74, 6) is -1.93. The van der Waals surface area contributed by atoms with Crippen molar-refractivity contribution in [2.45, 2.75) is 22.6 Å². The molecule has 3 fully saturated rings. The summed E-state index contributed by atoms with van der Waals surface area (Å²) < 4.78 is 10.9. The normalized spacial score (nSPS) is 33.0. The molecule has 2 aromatic rings. The minimum Gasteiger partial charge on any atom is -0.493 e. The molecule has 9 nitrogen and oxygen atoms in total. The van der Waals surface area contributed by atoms with E-state index in [0.717, 1.165) is 26.8 Å². The highest BCUT2D eigenvalue weighted by atomic mass is 32.2. The molecule has 7 atom stereocenters. The van der Waals surface area contributed by atoms with Gasteiger partial charge in [0.25, 0.3) is 0 Å². The van der Waals surface area contributed by atoms with Gasteiger partial charge in [0.2, 0.25) is 11.8 Å². The van der Waals surface area contributed by atoms with Gasteiger partial charge in [-0.1, -0.05) is 17.4 Å². The Balaban J connectivity index is 1.46. The summed E-state index contributed by atoms with van der Waals surface area (Å²) in [7, 11) is 3.14. The van der Waals surface area contributed by atoms with E-state index in [-0.39, 0.29) is 45.6 Å². The Morgan fingerprint density at radius 3 is 2.50 bits per heavy atom. The number of methoxy groups -OCH3 is 2. The van der Waals surface area contributed by atoms with Crippen molar-refractivity contribution in [2.24, 2.45) is 29.6 Å². The summed E-state index contributed by atoms with van der Waals surface area (Å²) in [4.78, 5) is 54.6. The number of carbonyl (C=O) groups is 3. The fourth-order valence-electron chi connectivity index (χ4n) is 6.79. The van der Waals surface area contributed by atoms with Crippen molar-refractivity contribution < 1.29 is 29.0 Å². The van der Waals surface area contributed by atoms with Crippen LogP contribution in [0.5, 0.6) is 11.5 Å². The Labute approximate surface area is 202 Å². The first-order valence-corrected chi connectivity index (χ1v) is 12.7. The molecule has 2 aliphatic heterocycles. The van der Waals surface area contributed by atoms with Gasteiger partial charge in [-0.3, -0.25) is 24.1 Å². The zero-order valence-corrected chi connectivity index (χ0v) is 20.0. The van der Waals surface area contributed by atoms with Crippen LogP contribution in [0, 0.1) is 29.6 Å². The molecule has 1 aromatic carbocycles. The lowest BCUT2D eigenvalue weighted by Crippen LogP contribution is -2.42. The number of carbonyl (C=O) groups excluding carboxylic acids is 2. The predicted molar refractivity (Wildman–Crippen MR) is 122 cm³/mol. The second-order valence-corrected chi connectivity index (χ2v) is 11.4. The lowest BCUT2D eigenvalue weighted by molar-refractivity contribution is -0.149. The number of ether oxygens (including phenoxy) is 2. The van der Waals surface area contributed by atoms with E-state index in [0.29, 0.717) is 11.5 Å². The number of carboxylic acid groups (broad SMARTS) is 1. The molecule has 2 aliphatic carbocycles. The number of thioether (sulfide) groups is 1. The predicted octanol–water partition coefficient (Wildman–Crippen LogP) is 2.01. The SMILES string of the molecule is COc1ccc([C@H]2c3sc(=O)[nH]c3S[C@H]3[C@@H]4C[C@H]([C@H]5C(=O)N(CC(=O)O)C(=O)[C@H]45)[C@H]23)cc1OC. The maximum Gasteiger partial charge on any atom is 0.323 e. The van der Waals surface area contributed by atoms with Gasteiger partial charge in [-0.2, -0.15) is 0 Å². The number of nitrogens with zero attached hydrogens (tertiary/aromatic N) is 1. The summed E-state index contributed by atoms with van der Waals surface area (Å²) in [6.45, 7) is -0.591. The lowest BCUT2D eigenvalue weighted by atomic mass is 9.68. The van der Waals surface area contributed by atoms with Crippen molar-refractivity contribution >= 4 is 40.9 Å². The van der Waals surface area contributed by atoms with Crippen LogP contribution in [0.4, 0.5) is 0 Å². The molecule has 2 amide bonds. The van der Waals surface area contributed by atoms with Crippen LogP contribution in [0.1, 0.15) is 22.8 Å².